The molecule has 0 saturated heterocycles. The Morgan fingerprint density at radius 3 is 2.20 bits per heavy atom. The van der Waals surface area contributed by atoms with E-state index in [0.717, 1.165) is 4.90 Å². The fraction of sp³-hybridized carbons (Fsp3) is 0.118. The lowest BCUT2D eigenvalue weighted by atomic mass is 10.1. The third kappa shape index (κ3) is 3.45. The van der Waals surface area contributed by atoms with Crippen LogP contribution in [-0.4, -0.2) is 29.2 Å². The lowest BCUT2D eigenvalue weighted by Crippen LogP contribution is -2.29. The Kier molecular flexibility index (Phi) is 4.65. The molecule has 3 amide bonds. The minimum atomic E-state index is -0.598. The summed E-state index contributed by atoms with van der Waals surface area (Å²) in [6.45, 7) is -0.206. The van der Waals surface area contributed by atoms with Gasteiger partial charge in [-0.25, -0.2) is 0 Å². The Labute approximate surface area is 153 Å². The zero-order valence-electron chi connectivity index (χ0n) is 12.8. The molecule has 0 saturated carbocycles. The Morgan fingerprint density at radius 2 is 1.64 bits per heavy atom. The van der Waals surface area contributed by atoms with Gasteiger partial charge in [0.25, 0.3) is 17.7 Å². The van der Waals surface area contributed by atoms with Crippen LogP contribution in [0.1, 0.15) is 26.3 Å². The summed E-state index contributed by atoms with van der Waals surface area (Å²) in [5.41, 5.74) is 6.14. The maximum atomic E-state index is 12.5. The summed E-state index contributed by atoms with van der Waals surface area (Å²) in [6.07, 6.45) is 0. The van der Waals surface area contributed by atoms with E-state index in [-0.39, 0.29) is 34.3 Å². The Morgan fingerprint density at radius 1 is 1.04 bits per heavy atom. The molecule has 0 atom stereocenters. The van der Waals surface area contributed by atoms with Crippen LogP contribution in [0.5, 0.6) is 5.75 Å². The normalized spacial score (nSPS) is 13.1. The number of benzene rings is 2. The second-order valence-corrected chi connectivity index (χ2v) is 6.23. The first kappa shape index (κ1) is 17.3. The highest BCUT2D eigenvalue weighted by molar-refractivity contribution is 6.43. The number of nitrogens with two attached hydrogens (primary N) is 1. The SMILES string of the molecule is NC(=O)COc1cccc(CN2C(=O)c3cc(Cl)c(Cl)cc3C2=O)c1. The van der Waals surface area contributed by atoms with Crippen molar-refractivity contribution in [3.63, 3.8) is 0 Å². The summed E-state index contributed by atoms with van der Waals surface area (Å²) in [7, 11) is 0. The number of rotatable bonds is 5. The molecule has 0 aromatic heterocycles. The third-order valence-electron chi connectivity index (χ3n) is 3.63. The minimum absolute atomic E-state index is 0.0509. The number of imide groups is 1. The van der Waals surface area contributed by atoms with Crippen molar-refractivity contribution in [2.45, 2.75) is 6.54 Å². The number of amides is 3. The number of hydrogen-bond donors (Lipinski definition) is 1. The molecule has 2 N–H and O–H groups in total. The number of fused-ring (bicyclic) bond motifs is 1. The van der Waals surface area contributed by atoms with Gasteiger partial charge in [-0.05, 0) is 29.8 Å². The van der Waals surface area contributed by atoms with Crippen molar-refractivity contribution in [2.75, 3.05) is 6.61 Å². The van der Waals surface area contributed by atoms with Crippen LogP contribution < -0.4 is 10.5 Å². The molecular formula is C17H12Cl2N2O4. The first-order chi connectivity index (χ1) is 11.9. The van der Waals surface area contributed by atoms with Gasteiger partial charge < -0.3 is 10.5 Å². The zero-order chi connectivity index (χ0) is 18.1. The summed E-state index contributed by atoms with van der Waals surface area (Å²) in [5, 5.41) is 0.426. The van der Waals surface area contributed by atoms with Crippen molar-refractivity contribution in [3.8, 4) is 5.75 Å². The van der Waals surface area contributed by atoms with Gasteiger partial charge in [0.05, 0.1) is 27.7 Å². The van der Waals surface area contributed by atoms with E-state index < -0.39 is 17.7 Å². The van der Waals surface area contributed by atoms with Crippen molar-refractivity contribution in [3.05, 3.63) is 63.1 Å². The fourth-order valence-corrected chi connectivity index (χ4v) is 2.83. The Balaban J connectivity index is 1.82. The van der Waals surface area contributed by atoms with Crippen molar-refractivity contribution in [1.82, 2.24) is 4.90 Å². The second kappa shape index (κ2) is 6.74. The lowest BCUT2D eigenvalue weighted by molar-refractivity contribution is -0.119. The predicted octanol–water partition coefficient (Wildman–Crippen LogP) is 2.65. The lowest BCUT2D eigenvalue weighted by Gasteiger charge is -2.14. The van der Waals surface area contributed by atoms with Gasteiger partial charge in [-0.15, -0.1) is 0 Å². The van der Waals surface area contributed by atoms with E-state index in [2.05, 4.69) is 0 Å². The number of primary amides is 1. The van der Waals surface area contributed by atoms with E-state index in [9.17, 15) is 14.4 Å². The van der Waals surface area contributed by atoms with Crippen LogP contribution in [0.3, 0.4) is 0 Å². The van der Waals surface area contributed by atoms with Gasteiger partial charge in [-0.2, -0.15) is 0 Å². The highest BCUT2D eigenvalue weighted by Gasteiger charge is 2.36. The van der Waals surface area contributed by atoms with Gasteiger partial charge in [0.1, 0.15) is 5.75 Å². The van der Waals surface area contributed by atoms with Crippen molar-refractivity contribution in [2.24, 2.45) is 5.73 Å². The standard InChI is InChI=1S/C17H12Cl2N2O4/c18-13-5-11-12(6-14(13)19)17(24)21(16(11)23)7-9-2-1-3-10(4-9)25-8-15(20)22/h1-6H,7-8H2,(H2,20,22). The smallest absolute Gasteiger partial charge is 0.261 e. The average Bonchev–Trinajstić information content (AvgIpc) is 2.79. The maximum absolute atomic E-state index is 12.5. The van der Waals surface area contributed by atoms with Crippen molar-refractivity contribution < 1.29 is 19.1 Å². The molecule has 6 nitrogen and oxygen atoms in total. The average molecular weight is 379 g/mol. The molecular weight excluding hydrogens is 367 g/mol. The largest absolute Gasteiger partial charge is 0.484 e. The van der Waals surface area contributed by atoms with Gasteiger partial charge >= 0.3 is 0 Å². The van der Waals surface area contributed by atoms with E-state index in [4.69, 9.17) is 33.7 Å². The monoisotopic (exact) mass is 378 g/mol. The van der Waals surface area contributed by atoms with Crippen molar-refractivity contribution in [1.29, 1.82) is 0 Å². The summed E-state index contributed by atoms with van der Waals surface area (Å²) >= 11 is 11.9. The summed E-state index contributed by atoms with van der Waals surface area (Å²) < 4.78 is 5.22. The van der Waals surface area contributed by atoms with Crippen LogP contribution in [0.2, 0.25) is 10.0 Å². The molecule has 0 fully saturated rings. The van der Waals surface area contributed by atoms with E-state index in [1.807, 2.05) is 0 Å². The zero-order valence-corrected chi connectivity index (χ0v) is 14.3. The molecule has 128 valence electrons. The first-order valence-corrected chi connectivity index (χ1v) is 7.97. The number of ether oxygens (including phenoxy) is 1. The summed E-state index contributed by atoms with van der Waals surface area (Å²) in [6, 6.07) is 9.50. The molecule has 1 aliphatic rings. The molecule has 2 aromatic carbocycles. The van der Waals surface area contributed by atoms with Crippen LogP contribution in [0, 0.1) is 0 Å². The highest BCUT2D eigenvalue weighted by atomic mass is 35.5. The number of halogens is 2. The van der Waals surface area contributed by atoms with Gasteiger partial charge in [0, 0.05) is 0 Å². The van der Waals surface area contributed by atoms with E-state index in [1.54, 1.807) is 24.3 Å². The van der Waals surface area contributed by atoms with E-state index in [1.165, 1.54) is 12.1 Å². The number of carbonyl (C=O) groups excluding carboxylic acids is 3. The van der Waals surface area contributed by atoms with Crippen molar-refractivity contribution >= 4 is 40.9 Å². The van der Waals surface area contributed by atoms with Crippen LogP contribution in [0.25, 0.3) is 0 Å². The van der Waals surface area contributed by atoms with E-state index in [0.29, 0.717) is 11.3 Å². The molecule has 3 rings (SSSR count). The predicted molar refractivity (Wildman–Crippen MR) is 91.8 cm³/mol. The van der Waals surface area contributed by atoms with Gasteiger partial charge in [0.15, 0.2) is 6.61 Å². The molecule has 1 heterocycles. The van der Waals surface area contributed by atoms with E-state index >= 15 is 0 Å². The molecule has 25 heavy (non-hydrogen) atoms. The molecule has 0 aliphatic carbocycles. The molecule has 0 unspecified atom stereocenters. The Bertz CT molecular complexity index is 857. The summed E-state index contributed by atoms with van der Waals surface area (Å²) in [5.74, 6) is -1.07. The first-order valence-electron chi connectivity index (χ1n) is 7.22. The fourth-order valence-electron chi connectivity index (χ4n) is 2.50. The number of nitrogens with zero attached hydrogens (tertiary/aromatic N) is 1. The topological polar surface area (TPSA) is 89.7 Å². The molecule has 0 bridgehead atoms. The van der Waals surface area contributed by atoms with Gasteiger partial charge in [0.2, 0.25) is 0 Å². The summed E-state index contributed by atoms with van der Waals surface area (Å²) in [4.78, 5) is 36.9. The van der Waals surface area contributed by atoms with Gasteiger partial charge in [-0.3, -0.25) is 19.3 Å². The van der Waals surface area contributed by atoms with Crippen LogP contribution >= 0.6 is 23.2 Å². The molecule has 0 radical (unpaired) electrons. The number of hydrogen-bond acceptors (Lipinski definition) is 4. The second-order valence-electron chi connectivity index (χ2n) is 5.41. The molecule has 8 heteroatoms. The molecule has 1 aliphatic heterocycles. The highest BCUT2D eigenvalue weighted by Crippen LogP contribution is 2.32. The quantitative estimate of drug-likeness (QED) is 0.809. The molecule has 0 spiro atoms. The minimum Gasteiger partial charge on any atom is -0.484 e. The van der Waals surface area contributed by atoms with Crippen LogP contribution in [-0.2, 0) is 11.3 Å². The number of carbonyl (C=O) groups is 3. The molecule has 2 aromatic rings. The van der Waals surface area contributed by atoms with Crippen LogP contribution in [0.4, 0.5) is 0 Å². The van der Waals surface area contributed by atoms with Crippen LogP contribution in [0.15, 0.2) is 36.4 Å². The van der Waals surface area contributed by atoms with Gasteiger partial charge in [-0.1, -0.05) is 35.3 Å². The maximum Gasteiger partial charge on any atom is 0.261 e. The third-order valence-corrected chi connectivity index (χ3v) is 4.35. The Hall–Kier alpha value is -2.57.